The monoisotopic (exact) mass is 435 g/mol. The number of nitrogens with one attached hydrogen (secondary N) is 1. The number of methoxy groups -OCH3 is 1. The lowest BCUT2D eigenvalue weighted by Gasteiger charge is -2.17. The summed E-state index contributed by atoms with van der Waals surface area (Å²) < 4.78 is 5.18. The predicted octanol–water partition coefficient (Wildman–Crippen LogP) is 5.76. The maximum atomic E-state index is 13.3. The number of carbonyl (C=O) groups is 1. The van der Waals surface area contributed by atoms with E-state index in [-0.39, 0.29) is 5.91 Å². The van der Waals surface area contributed by atoms with Gasteiger partial charge in [-0.1, -0.05) is 71.9 Å². The third kappa shape index (κ3) is 4.40. The summed E-state index contributed by atoms with van der Waals surface area (Å²) in [7, 11) is 1.55. The van der Waals surface area contributed by atoms with Crippen LogP contribution >= 0.6 is 23.4 Å². The van der Waals surface area contributed by atoms with Gasteiger partial charge in [-0.05, 0) is 29.8 Å². The average molecular weight is 436 g/mol. The van der Waals surface area contributed by atoms with Crippen molar-refractivity contribution in [3.8, 4) is 5.75 Å². The van der Waals surface area contributed by atoms with Crippen LogP contribution in [0.4, 0.5) is 5.69 Å². The summed E-state index contributed by atoms with van der Waals surface area (Å²) >= 11 is 7.60. The van der Waals surface area contributed by atoms with Crippen LogP contribution in [0.1, 0.15) is 10.8 Å². The first kappa shape index (κ1) is 20.2. The van der Waals surface area contributed by atoms with E-state index < -0.39 is 5.25 Å². The Kier molecular flexibility index (Phi) is 6.16. The second-order valence-electron chi connectivity index (χ2n) is 6.44. The molecule has 1 unspecified atom stereocenters. The summed E-state index contributed by atoms with van der Waals surface area (Å²) in [6.45, 7) is 0. The van der Waals surface area contributed by atoms with E-state index in [2.05, 4.69) is 15.3 Å². The average Bonchev–Trinajstić information content (AvgIpc) is 2.78. The number of aromatic nitrogens is 2. The lowest BCUT2D eigenvalue weighted by Crippen LogP contribution is -2.19. The van der Waals surface area contributed by atoms with Gasteiger partial charge in [0.25, 0.3) is 0 Å². The van der Waals surface area contributed by atoms with Crippen molar-refractivity contribution in [2.45, 2.75) is 10.3 Å². The van der Waals surface area contributed by atoms with Crippen LogP contribution in [-0.4, -0.2) is 23.0 Å². The van der Waals surface area contributed by atoms with Crippen LogP contribution in [0.2, 0.25) is 5.02 Å². The molecule has 4 rings (SSSR count). The molecule has 1 atom stereocenters. The Labute approximate surface area is 183 Å². The first-order chi connectivity index (χ1) is 14.7. The summed E-state index contributed by atoms with van der Waals surface area (Å²) in [5, 5.41) is 4.54. The van der Waals surface area contributed by atoms with Gasteiger partial charge >= 0.3 is 0 Å². The van der Waals surface area contributed by atoms with E-state index in [0.717, 1.165) is 21.5 Å². The van der Waals surface area contributed by atoms with E-state index in [0.29, 0.717) is 16.5 Å². The zero-order valence-corrected chi connectivity index (χ0v) is 17.7. The summed E-state index contributed by atoms with van der Waals surface area (Å²) in [6, 6.07) is 22.5. The Morgan fingerprint density at radius 2 is 1.80 bits per heavy atom. The lowest BCUT2D eigenvalue weighted by molar-refractivity contribution is -0.115. The molecular formula is C23H18ClN3O2S. The lowest BCUT2D eigenvalue weighted by atomic mass is 10.1. The molecular weight excluding hydrogens is 418 g/mol. The molecule has 0 aliphatic heterocycles. The van der Waals surface area contributed by atoms with Crippen LogP contribution < -0.4 is 10.1 Å². The maximum Gasteiger partial charge on any atom is 0.242 e. The van der Waals surface area contributed by atoms with Gasteiger partial charge in [-0.25, -0.2) is 9.97 Å². The van der Waals surface area contributed by atoms with Crippen LogP contribution in [0.15, 0.2) is 84.1 Å². The first-order valence-corrected chi connectivity index (χ1v) is 10.5. The van der Waals surface area contributed by atoms with Crippen molar-refractivity contribution in [2.75, 3.05) is 12.4 Å². The highest BCUT2D eigenvalue weighted by Crippen LogP contribution is 2.38. The summed E-state index contributed by atoms with van der Waals surface area (Å²) in [5.41, 5.74) is 2.31. The molecule has 1 amide bonds. The Morgan fingerprint density at radius 1 is 1.03 bits per heavy atom. The normalized spacial score (nSPS) is 11.8. The van der Waals surface area contributed by atoms with Crippen molar-refractivity contribution in [2.24, 2.45) is 0 Å². The second-order valence-corrected chi connectivity index (χ2v) is 7.94. The summed E-state index contributed by atoms with van der Waals surface area (Å²) in [6.07, 6.45) is 1.52. The number of para-hydroxylation sites is 1. The SMILES string of the molecule is COc1ccc(NC(=O)C(Sc2ncnc3ccccc23)c2ccccc2)cc1Cl. The molecule has 1 N–H and O–H groups in total. The molecule has 7 heteroatoms. The number of anilines is 1. The molecule has 30 heavy (non-hydrogen) atoms. The predicted molar refractivity (Wildman–Crippen MR) is 121 cm³/mol. The van der Waals surface area contributed by atoms with E-state index >= 15 is 0 Å². The van der Waals surface area contributed by atoms with E-state index in [9.17, 15) is 4.79 Å². The highest BCUT2D eigenvalue weighted by Gasteiger charge is 2.24. The number of fused-ring (bicyclic) bond motifs is 1. The molecule has 1 heterocycles. The number of benzene rings is 3. The van der Waals surface area contributed by atoms with Crippen molar-refractivity contribution in [3.05, 3.63) is 89.7 Å². The van der Waals surface area contributed by atoms with Gasteiger partial charge in [0.2, 0.25) is 5.91 Å². The highest BCUT2D eigenvalue weighted by atomic mass is 35.5. The molecule has 0 aliphatic carbocycles. The van der Waals surface area contributed by atoms with Crippen molar-refractivity contribution in [3.63, 3.8) is 0 Å². The van der Waals surface area contributed by atoms with Crippen molar-refractivity contribution in [1.29, 1.82) is 0 Å². The van der Waals surface area contributed by atoms with Crippen molar-refractivity contribution < 1.29 is 9.53 Å². The van der Waals surface area contributed by atoms with Crippen LogP contribution in [0.5, 0.6) is 5.75 Å². The van der Waals surface area contributed by atoms with Gasteiger partial charge in [0.15, 0.2) is 0 Å². The number of halogens is 1. The van der Waals surface area contributed by atoms with E-state index in [1.807, 2.05) is 54.6 Å². The molecule has 150 valence electrons. The van der Waals surface area contributed by atoms with E-state index in [1.165, 1.54) is 18.1 Å². The second kappa shape index (κ2) is 9.15. The molecule has 0 saturated carbocycles. The van der Waals surface area contributed by atoms with Gasteiger partial charge < -0.3 is 10.1 Å². The molecule has 4 aromatic rings. The third-order valence-corrected chi connectivity index (χ3v) is 6.06. The highest BCUT2D eigenvalue weighted by molar-refractivity contribution is 8.00. The van der Waals surface area contributed by atoms with Crippen molar-refractivity contribution >= 4 is 45.9 Å². The summed E-state index contributed by atoms with van der Waals surface area (Å²) in [4.78, 5) is 22.0. The Balaban J connectivity index is 1.66. The van der Waals surface area contributed by atoms with Gasteiger partial charge in [0, 0.05) is 11.1 Å². The molecule has 5 nitrogen and oxygen atoms in total. The van der Waals surface area contributed by atoms with E-state index in [4.69, 9.17) is 16.3 Å². The topological polar surface area (TPSA) is 64.1 Å². The number of hydrogen-bond donors (Lipinski definition) is 1. The Bertz CT molecular complexity index is 1180. The van der Waals surface area contributed by atoms with Crippen LogP contribution in [0, 0.1) is 0 Å². The molecule has 0 saturated heterocycles. The van der Waals surface area contributed by atoms with Crippen LogP contribution in [0.3, 0.4) is 0 Å². The number of thioether (sulfide) groups is 1. The Hall–Kier alpha value is -3.09. The zero-order valence-electron chi connectivity index (χ0n) is 16.1. The number of hydrogen-bond acceptors (Lipinski definition) is 5. The summed E-state index contributed by atoms with van der Waals surface area (Å²) in [5.74, 6) is 0.381. The molecule has 0 spiro atoms. The van der Waals surface area contributed by atoms with Gasteiger partial charge in [0.1, 0.15) is 22.4 Å². The molecule has 0 radical (unpaired) electrons. The number of nitrogens with zero attached hydrogens (tertiary/aromatic N) is 2. The van der Waals surface area contributed by atoms with Crippen LogP contribution in [-0.2, 0) is 4.79 Å². The molecule has 0 aliphatic rings. The maximum absolute atomic E-state index is 13.3. The number of carbonyl (C=O) groups excluding carboxylic acids is 1. The fourth-order valence-electron chi connectivity index (χ4n) is 3.04. The minimum atomic E-state index is -0.509. The molecule has 0 fully saturated rings. The minimum absolute atomic E-state index is 0.171. The fraction of sp³-hybridized carbons (Fsp3) is 0.0870. The van der Waals surface area contributed by atoms with Gasteiger partial charge in [-0.3, -0.25) is 4.79 Å². The smallest absolute Gasteiger partial charge is 0.242 e. The van der Waals surface area contributed by atoms with E-state index in [1.54, 1.807) is 25.3 Å². The largest absolute Gasteiger partial charge is 0.495 e. The fourth-order valence-corrected chi connectivity index (χ4v) is 4.39. The molecule has 0 bridgehead atoms. The number of rotatable bonds is 6. The molecule has 3 aromatic carbocycles. The van der Waals surface area contributed by atoms with Crippen LogP contribution in [0.25, 0.3) is 10.9 Å². The number of amides is 1. The van der Waals surface area contributed by atoms with Gasteiger partial charge in [0.05, 0.1) is 17.6 Å². The van der Waals surface area contributed by atoms with Gasteiger partial charge in [-0.2, -0.15) is 0 Å². The first-order valence-electron chi connectivity index (χ1n) is 9.21. The van der Waals surface area contributed by atoms with Crippen molar-refractivity contribution in [1.82, 2.24) is 9.97 Å². The molecule has 1 aromatic heterocycles. The quantitative estimate of drug-likeness (QED) is 0.308. The third-order valence-electron chi connectivity index (χ3n) is 4.50. The van der Waals surface area contributed by atoms with Gasteiger partial charge in [-0.15, -0.1) is 0 Å². The Morgan fingerprint density at radius 3 is 2.57 bits per heavy atom. The number of ether oxygens (including phenoxy) is 1. The zero-order chi connectivity index (χ0) is 20.9. The minimum Gasteiger partial charge on any atom is -0.495 e. The standard InChI is InChI=1S/C23H18ClN3O2S/c1-29-20-12-11-16(13-18(20)24)27-22(28)21(15-7-3-2-4-8-15)30-23-17-9-5-6-10-19(17)25-14-26-23/h2-14,21H,1H3,(H,27,28).